The summed E-state index contributed by atoms with van der Waals surface area (Å²) < 4.78 is 37.6. The zero-order valence-corrected chi connectivity index (χ0v) is 9.63. The van der Waals surface area contributed by atoms with E-state index in [9.17, 15) is 13.2 Å². The van der Waals surface area contributed by atoms with Gasteiger partial charge in [-0.25, -0.2) is 4.99 Å². The number of guanidine groups is 2. The van der Waals surface area contributed by atoms with Crippen LogP contribution in [0.2, 0.25) is 5.02 Å². The van der Waals surface area contributed by atoms with Crippen molar-refractivity contribution in [2.45, 2.75) is 6.18 Å². The van der Waals surface area contributed by atoms with Gasteiger partial charge in [-0.3, -0.25) is 0 Å². The second kappa shape index (κ2) is 5.13. The van der Waals surface area contributed by atoms with Crippen LogP contribution < -0.4 is 17.2 Å². The summed E-state index contributed by atoms with van der Waals surface area (Å²) in [4.78, 5) is 6.98. The molecule has 0 spiro atoms. The molecule has 5 nitrogen and oxygen atoms in total. The number of hydrogen-bond acceptors (Lipinski definition) is 1. The van der Waals surface area contributed by atoms with Gasteiger partial charge in [0, 0.05) is 0 Å². The van der Waals surface area contributed by atoms with Crippen LogP contribution in [0.1, 0.15) is 5.56 Å². The smallest absolute Gasteiger partial charge is 0.370 e. The van der Waals surface area contributed by atoms with Crippen molar-refractivity contribution in [3.8, 4) is 0 Å². The molecular weight excluding hydrogens is 271 g/mol. The molecule has 9 heteroatoms. The summed E-state index contributed by atoms with van der Waals surface area (Å²) in [5.41, 5.74) is 14.3. The van der Waals surface area contributed by atoms with E-state index in [4.69, 9.17) is 28.8 Å². The predicted octanol–water partition coefficient (Wildman–Crippen LogP) is 1.58. The van der Waals surface area contributed by atoms with Gasteiger partial charge in [-0.05, 0) is 18.2 Å². The molecule has 1 aromatic carbocycles. The molecule has 0 bridgehead atoms. The third kappa shape index (κ3) is 3.81. The zero-order chi connectivity index (χ0) is 13.9. The van der Waals surface area contributed by atoms with E-state index in [1.54, 1.807) is 0 Å². The number of benzene rings is 1. The molecule has 6 N–H and O–H groups in total. The molecule has 0 atom stereocenters. The number of nitrogens with two attached hydrogens (primary N) is 3. The topological polar surface area (TPSA) is 103 Å². The fourth-order valence-electron chi connectivity index (χ4n) is 1.09. The van der Waals surface area contributed by atoms with Gasteiger partial charge in [-0.1, -0.05) is 11.6 Å². The second-order valence-corrected chi connectivity index (χ2v) is 3.58. The Bertz CT molecular complexity index is 505. The van der Waals surface area contributed by atoms with E-state index in [0.717, 1.165) is 12.1 Å². The Kier molecular flexibility index (Phi) is 4.02. The normalized spacial score (nSPS) is 12.3. The summed E-state index contributed by atoms with van der Waals surface area (Å²) in [5, 5.41) is -0.429. The highest BCUT2D eigenvalue weighted by Gasteiger charge is 2.33. The Morgan fingerprint density at radius 2 is 1.78 bits per heavy atom. The minimum absolute atomic E-state index is 0.0609. The van der Waals surface area contributed by atoms with Crippen LogP contribution in [0.3, 0.4) is 0 Å². The van der Waals surface area contributed by atoms with Gasteiger partial charge in [-0.2, -0.15) is 18.2 Å². The monoisotopic (exact) mass is 279 g/mol. The van der Waals surface area contributed by atoms with E-state index in [1.165, 1.54) is 6.07 Å². The SMILES string of the molecule is NC(N)=NC(N)=Nc1ccc(Cl)c(C(F)(F)F)c1. The Balaban J connectivity index is 3.18. The van der Waals surface area contributed by atoms with Gasteiger partial charge >= 0.3 is 6.18 Å². The summed E-state index contributed by atoms with van der Waals surface area (Å²) in [6.45, 7) is 0. The quantitative estimate of drug-likeness (QED) is 0.537. The van der Waals surface area contributed by atoms with E-state index in [2.05, 4.69) is 9.98 Å². The van der Waals surface area contributed by atoms with Crippen molar-refractivity contribution in [2.75, 3.05) is 0 Å². The highest BCUT2D eigenvalue weighted by atomic mass is 35.5. The van der Waals surface area contributed by atoms with Crippen LogP contribution >= 0.6 is 11.6 Å². The predicted molar refractivity (Wildman–Crippen MR) is 63.5 cm³/mol. The first-order valence-corrected chi connectivity index (χ1v) is 4.88. The molecule has 1 rings (SSSR count). The Hall–Kier alpha value is -1.96. The van der Waals surface area contributed by atoms with Crippen molar-refractivity contribution in [1.82, 2.24) is 0 Å². The Morgan fingerprint density at radius 1 is 1.17 bits per heavy atom. The summed E-state index contributed by atoms with van der Waals surface area (Å²) in [6.07, 6.45) is -4.58. The molecule has 1 aromatic rings. The molecule has 0 aliphatic carbocycles. The van der Waals surface area contributed by atoms with E-state index in [0.29, 0.717) is 0 Å². The summed E-state index contributed by atoms with van der Waals surface area (Å²) >= 11 is 5.43. The van der Waals surface area contributed by atoms with E-state index in [-0.39, 0.29) is 17.6 Å². The number of nitrogens with zero attached hydrogens (tertiary/aromatic N) is 2. The van der Waals surface area contributed by atoms with Crippen molar-refractivity contribution < 1.29 is 13.2 Å². The molecule has 0 radical (unpaired) electrons. The average molecular weight is 280 g/mol. The maximum atomic E-state index is 12.5. The first-order valence-electron chi connectivity index (χ1n) is 4.50. The maximum Gasteiger partial charge on any atom is 0.417 e. The molecule has 0 aliphatic heterocycles. The van der Waals surface area contributed by atoms with E-state index < -0.39 is 16.8 Å². The van der Waals surface area contributed by atoms with Gasteiger partial charge in [0.25, 0.3) is 0 Å². The lowest BCUT2D eigenvalue weighted by atomic mass is 10.2. The number of rotatable bonds is 1. The van der Waals surface area contributed by atoms with Gasteiger partial charge in [-0.15, -0.1) is 0 Å². The van der Waals surface area contributed by atoms with Gasteiger partial charge in [0.15, 0.2) is 5.96 Å². The van der Waals surface area contributed by atoms with Crippen LogP contribution in [0, 0.1) is 0 Å². The number of halogens is 4. The summed E-state index contributed by atoms with van der Waals surface area (Å²) in [6, 6.07) is 3.07. The van der Waals surface area contributed by atoms with Crippen LogP contribution in [0.15, 0.2) is 28.2 Å². The van der Waals surface area contributed by atoms with Crippen LogP contribution in [0.4, 0.5) is 18.9 Å². The number of alkyl halides is 3. The Morgan fingerprint density at radius 3 is 2.28 bits per heavy atom. The van der Waals surface area contributed by atoms with Gasteiger partial charge < -0.3 is 17.2 Å². The molecule has 0 unspecified atom stereocenters. The second-order valence-electron chi connectivity index (χ2n) is 3.17. The zero-order valence-electron chi connectivity index (χ0n) is 8.87. The molecule has 0 saturated carbocycles. The van der Waals surface area contributed by atoms with Crippen LogP contribution in [0.25, 0.3) is 0 Å². The highest BCUT2D eigenvalue weighted by molar-refractivity contribution is 6.31. The lowest BCUT2D eigenvalue weighted by Crippen LogP contribution is -2.26. The summed E-state index contributed by atoms with van der Waals surface area (Å²) in [7, 11) is 0. The Labute approximate surface area is 105 Å². The molecule has 0 aliphatic rings. The molecular formula is C9H9ClF3N5. The number of hydrogen-bond donors (Lipinski definition) is 3. The lowest BCUT2D eigenvalue weighted by Gasteiger charge is -2.09. The van der Waals surface area contributed by atoms with Crippen LogP contribution in [-0.4, -0.2) is 11.9 Å². The molecule has 98 valence electrons. The fraction of sp³-hybridized carbons (Fsp3) is 0.111. The van der Waals surface area contributed by atoms with Crippen molar-refractivity contribution in [2.24, 2.45) is 27.2 Å². The van der Waals surface area contributed by atoms with Crippen LogP contribution in [-0.2, 0) is 6.18 Å². The fourth-order valence-corrected chi connectivity index (χ4v) is 1.31. The molecule has 0 aromatic heterocycles. The first kappa shape index (κ1) is 14.1. The van der Waals surface area contributed by atoms with Gasteiger partial charge in [0.05, 0.1) is 16.3 Å². The van der Waals surface area contributed by atoms with E-state index >= 15 is 0 Å². The van der Waals surface area contributed by atoms with Crippen molar-refractivity contribution >= 4 is 29.2 Å². The van der Waals surface area contributed by atoms with E-state index in [1.807, 2.05) is 0 Å². The molecule has 0 heterocycles. The number of aliphatic imine (C=N–C) groups is 2. The standard InChI is InChI=1S/C9H9ClF3N5/c10-6-2-1-4(3-5(6)9(11,12)13)17-8(16)18-7(14)15/h1-3H,(H6,14,15,16,17,18). The average Bonchev–Trinajstić information content (AvgIpc) is 2.17. The lowest BCUT2D eigenvalue weighted by molar-refractivity contribution is -0.137. The van der Waals surface area contributed by atoms with Crippen molar-refractivity contribution in [3.05, 3.63) is 28.8 Å². The molecule has 0 fully saturated rings. The maximum absolute atomic E-state index is 12.5. The van der Waals surface area contributed by atoms with Crippen LogP contribution in [0.5, 0.6) is 0 Å². The molecule has 0 amide bonds. The molecule has 0 saturated heterocycles. The first-order chi connectivity index (χ1) is 8.20. The minimum Gasteiger partial charge on any atom is -0.370 e. The summed E-state index contributed by atoms with van der Waals surface area (Å²) in [5.74, 6) is -0.702. The van der Waals surface area contributed by atoms with Crippen molar-refractivity contribution in [1.29, 1.82) is 0 Å². The minimum atomic E-state index is -4.58. The third-order valence-corrected chi connectivity index (χ3v) is 2.07. The largest absolute Gasteiger partial charge is 0.417 e. The van der Waals surface area contributed by atoms with Gasteiger partial charge in [0.2, 0.25) is 5.96 Å². The highest BCUT2D eigenvalue weighted by Crippen LogP contribution is 2.36. The third-order valence-electron chi connectivity index (χ3n) is 1.74. The van der Waals surface area contributed by atoms with Gasteiger partial charge in [0.1, 0.15) is 0 Å². The molecule has 18 heavy (non-hydrogen) atoms. The van der Waals surface area contributed by atoms with Crippen molar-refractivity contribution in [3.63, 3.8) is 0 Å².